The molecule has 0 aliphatic carbocycles. The van der Waals surface area contributed by atoms with E-state index in [2.05, 4.69) is 31.1 Å². The normalized spacial score (nSPS) is 18.1. The zero-order valence-electron chi connectivity index (χ0n) is 11.7. The summed E-state index contributed by atoms with van der Waals surface area (Å²) in [4.78, 5) is 16.1. The second-order valence-corrected chi connectivity index (χ2v) is 5.39. The summed E-state index contributed by atoms with van der Waals surface area (Å²) in [5, 5.41) is 2.92. The molecule has 1 heterocycles. The number of hydrogen-bond acceptors (Lipinski definition) is 3. The Morgan fingerprint density at radius 1 is 1.41 bits per heavy atom. The van der Waals surface area contributed by atoms with Crippen LogP contribution in [0.2, 0.25) is 0 Å². The summed E-state index contributed by atoms with van der Waals surface area (Å²) in [5.41, 5.74) is 0. The van der Waals surface area contributed by atoms with Crippen LogP contribution in [0, 0.1) is 5.92 Å². The van der Waals surface area contributed by atoms with Crippen molar-refractivity contribution in [1.29, 1.82) is 0 Å². The van der Waals surface area contributed by atoms with Crippen molar-refractivity contribution < 1.29 is 4.79 Å². The molecule has 0 spiro atoms. The van der Waals surface area contributed by atoms with E-state index < -0.39 is 0 Å². The van der Waals surface area contributed by atoms with E-state index in [1.54, 1.807) is 0 Å². The van der Waals surface area contributed by atoms with Crippen LogP contribution in [0.4, 0.5) is 0 Å². The molecule has 0 radical (unpaired) electrons. The van der Waals surface area contributed by atoms with Gasteiger partial charge in [-0.15, -0.1) is 0 Å². The number of amides is 1. The predicted molar refractivity (Wildman–Crippen MR) is 71.0 cm³/mol. The highest BCUT2D eigenvalue weighted by Crippen LogP contribution is 2.18. The molecule has 0 atom stereocenters. The van der Waals surface area contributed by atoms with E-state index >= 15 is 0 Å². The van der Waals surface area contributed by atoms with E-state index in [1.165, 1.54) is 0 Å². The number of likely N-dealkylation sites (N-methyl/N-ethyl adjacent to an activating group) is 1. The lowest BCUT2D eigenvalue weighted by molar-refractivity contribution is -0.131. The highest BCUT2D eigenvalue weighted by Gasteiger charge is 2.23. The summed E-state index contributed by atoms with van der Waals surface area (Å²) >= 11 is 0. The molecule has 0 bridgehead atoms. The molecule has 1 N–H and O–H groups in total. The largest absolute Gasteiger partial charge is 0.342 e. The molecular weight excluding hydrogens is 214 g/mol. The van der Waals surface area contributed by atoms with Crippen LogP contribution >= 0.6 is 0 Å². The fourth-order valence-corrected chi connectivity index (χ4v) is 2.25. The number of rotatable bonds is 5. The molecule has 0 aromatic carbocycles. The molecule has 1 fully saturated rings. The molecule has 4 nitrogen and oxygen atoms in total. The maximum absolute atomic E-state index is 11.7. The lowest BCUT2D eigenvalue weighted by atomic mass is 9.96. The van der Waals surface area contributed by atoms with E-state index in [0.717, 1.165) is 38.4 Å². The molecule has 1 aliphatic heterocycles. The van der Waals surface area contributed by atoms with Crippen molar-refractivity contribution in [3.8, 4) is 0 Å². The number of carbonyl (C=O) groups is 1. The first-order valence-corrected chi connectivity index (χ1v) is 6.67. The van der Waals surface area contributed by atoms with E-state index in [0.29, 0.717) is 12.6 Å². The number of likely N-dealkylation sites (tertiary alicyclic amines) is 1. The molecule has 17 heavy (non-hydrogen) atoms. The van der Waals surface area contributed by atoms with Crippen LogP contribution in [0.5, 0.6) is 0 Å². The molecule has 0 aromatic rings. The Hall–Kier alpha value is -0.610. The van der Waals surface area contributed by atoms with Gasteiger partial charge < -0.3 is 15.1 Å². The highest BCUT2D eigenvalue weighted by atomic mass is 16.2. The number of piperidine rings is 1. The number of carbonyl (C=O) groups excluding carboxylic acids is 1. The third-order valence-corrected chi connectivity index (χ3v) is 3.72. The van der Waals surface area contributed by atoms with Crippen molar-refractivity contribution in [3.63, 3.8) is 0 Å². The van der Waals surface area contributed by atoms with Gasteiger partial charge in [0.2, 0.25) is 5.91 Å². The summed E-state index contributed by atoms with van der Waals surface area (Å²) in [6.07, 6.45) is 2.29. The molecule has 4 heteroatoms. The molecule has 1 rings (SSSR count). The van der Waals surface area contributed by atoms with Crippen LogP contribution in [-0.4, -0.2) is 62.0 Å². The summed E-state index contributed by atoms with van der Waals surface area (Å²) < 4.78 is 0. The van der Waals surface area contributed by atoms with Crippen molar-refractivity contribution in [2.45, 2.75) is 32.7 Å². The van der Waals surface area contributed by atoms with Crippen LogP contribution in [0.25, 0.3) is 0 Å². The Labute approximate surface area is 105 Å². The van der Waals surface area contributed by atoms with E-state index in [4.69, 9.17) is 0 Å². The number of nitrogens with one attached hydrogen (secondary N) is 1. The second kappa shape index (κ2) is 6.97. The van der Waals surface area contributed by atoms with Crippen LogP contribution in [0.15, 0.2) is 0 Å². The first-order chi connectivity index (χ1) is 8.04. The van der Waals surface area contributed by atoms with Crippen LogP contribution in [-0.2, 0) is 4.79 Å². The van der Waals surface area contributed by atoms with E-state index in [9.17, 15) is 4.79 Å². The first kappa shape index (κ1) is 14.5. The third-order valence-electron chi connectivity index (χ3n) is 3.72. The summed E-state index contributed by atoms with van der Waals surface area (Å²) in [6, 6.07) is 0.610. The van der Waals surface area contributed by atoms with Gasteiger partial charge in [-0.3, -0.25) is 4.79 Å². The lowest BCUT2D eigenvalue weighted by Gasteiger charge is -2.35. The average molecular weight is 241 g/mol. The molecular formula is C13H27N3O. The Balaban J connectivity index is 2.28. The average Bonchev–Trinajstić information content (AvgIpc) is 2.30. The summed E-state index contributed by atoms with van der Waals surface area (Å²) in [5.74, 6) is 0.990. The van der Waals surface area contributed by atoms with Gasteiger partial charge >= 0.3 is 0 Å². The minimum atomic E-state index is 0.239. The van der Waals surface area contributed by atoms with Gasteiger partial charge in [0.15, 0.2) is 0 Å². The Morgan fingerprint density at radius 3 is 2.47 bits per heavy atom. The van der Waals surface area contributed by atoms with Crippen LogP contribution < -0.4 is 5.32 Å². The molecule has 1 saturated heterocycles. The minimum Gasteiger partial charge on any atom is -0.342 e. The van der Waals surface area contributed by atoms with Gasteiger partial charge in [0, 0.05) is 25.7 Å². The number of hydrogen-bond donors (Lipinski definition) is 1. The SMILES string of the molecule is CNCC(=O)N1CCC(CN(C)C(C)C)CC1. The minimum absolute atomic E-state index is 0.239. The van der Waals surface area contributed by atoms with Crippen molar-refractivity contribution in [3.05, 3.63) is 0 Å². The monoisotopic (exact) mass is 241 g/mol. The van der Waals surface area contributed by atoms with Gasteiger partial charge in [0.25, 0.3) is 0 Å². The van der Waals surface area contributed by atoms with Gasteiger partial charge in [-0.25, -0.2) is 0 Å². The Kier molecular flexibility index (Phi) is 5.92. The molecule has 1 amide bonds. The highest BCUT2D eigenvalue weighted by molar-refractivity contribution is 5.78. The van der Waals surface area contributed by atoms with Gasteiger partial charge in [-0.05, 0) is 46.7 Å². The Bertz CT molecular complexity index is 235. The van der Waals surface area contributed by atoms with Crippen molar-refractivity contribution in [1.82, 2.24) is 15.1 Å². The van der Waals surface area contributed by atoms with E-state index in [-0.39, 0.29) is 5.91 Å². The summed E-state index contributed by atoms with van der Waals surface area (Å²) in [7, 11) is 4.01. The molecule has 0 aromatic heterocycles. The first-order valence-electron chi connectivity index (χ1n) is 6.67. The fraction of sp³-hybridized carbons (Fsp3) is 0.923. The van der Waals surface area contributed by atoms with Gasteiger partial charge in [0.1, 0.15) is 0 Å². The summed E-state index contributed by atoms with van der Waals surface area (Å²) in [6.45, 7) is 7.94. The quantitative estimate of drug-likeness (QED) is 0.773. The van der Waals surface area contributed by atoms with Gasteiger partial charge in [-0.1, -0.05) is 0 Å². The third kappa shape index (κ3) is 4.64. The standard InChI is InChI=1S/C13H27N3O/c1-11(2)15(4)10-12-5-7-16(8-6-12)13(17)9-14-3/h11-12,14H,5-10H2,1-4H3. The topological polar surface area (TPSA) is 35.6 Å². The fourth-order valence-electron chi connectivity index (χ4n) is 2.25. The lowest BCUT2D eigenvalue weighted by Crippen LogP contribution is -2.44. The van der Waals surface area contributed by atoms with Gasteiger partial charge in [-0.2, -0.15) is 0 Å². The second-order valence-electron chi connectivity index (χ2n) is 5.39. The zero-order chi connectivity index (χ0) is 12.8. The predicted octanol–water partition coefficient (Wildman–Crippen LogP) is 0.785. The van der Waals surface area contributed by atoms with Gasteiger partial charge in [0.05, 0.1) is 6.54 Å². The molecule has 0 saturated carbocycles. The van der Waals surface area contributed by atoms with Crippen LogP contribution in [0.1, 0.15) is 26.7 Å². The molecule has 1 aliphatic rings. The van der Waals surface area contributed by atoms with Crippen molar-refractivity contribution in [2.24, 2.45) is 5.92 Å². The Morgan fingerprint density at radius 2 is 2.00 bits per heavy atom. The zero-order valence-corrected chi connectivity index (χ0v) is 11.7. The molecule has 0 unspecified atom stereocenters. The van der Waals surface area contributed by atoms with Crippen molar-refractivity contribution >= 4 is 5.91 Å². The maximum Gasteiger partial charge on any atom is 0.236 e. The van der Waals surface area contributed by atoms with Crippen molar-refractivity contribution in [2.75, 3.05) is 40.3 Å². The van der Waals surface area contributed by atoms with Crippen LogP contribution in [0.3, 0.4) is 0 Å². The van der Waals surface area contributed by atoms with E-state index in [1.807, 2.05) is 11.9 Å². The molecule has 100 valence electrons. The smallest absolute Gasteiger partial charge is 0.236 e. The maximum atomic E-state index is 11.7. The number of nitrogens with zero attached hydrogens (tertiary/aromatic N) is 2.